The highest BCUT2D eigenvalue weighted by atomic mass is 16.3. The Morgan fingerprint density at radius 2 is 1.39 bits per heavy atom. The Morgan fingerprint density at radius 3 is 2.12 bits per heavy atom. The maximum atomic E-state index is 11.6. The van der Waals surface area contributed by atoms with E-state index in [1.807, 2.05) is 0 Å². The molecule has 2 saturated heterocycles. The molecule has 10 atom stereocenters. The molecule has 6 rings (SSSR count). The summed E-state index contributed by atoms with van der Waals surface area (Å²) in [7, 11) is 0. The van der Waals surface area contributed by atoms with Gasteiger partial charge in [-0.3, -0.25) is 9.80 Å². The average molecular weight is 461 g/mol. The van der Waals surface area contributed by atoms with Crippen LogP contribution in [0, 0.1) is 34.5 Å². The van der Waals surface area contributed by atoms with E-state index in [4.69, 9.17) is 0 Å². The summed E-state index contributed by atoms with van der Waals surface area (Å²) in [5.41, 5.74) is 0.398. The fourth-order valence-electron chi connectivity index (χ4n) is 10.3. The van der Waals surface area contributed by atoms with Crippen LogP contribution in [-0.4, -0.2) is 81.7 Å². The Kier molecular flexibility index (Phi) is 5.93. The quantitative estimate of drug-likeness (QED) is 0.590. The maximum absolute atomic E-state index is 11.6. The number of hydrogen-bond donors (Lipinski definition) is 3. The zero-order valence-electron chi connectivity index (χ0n) is 21.0. The van der Waals surface area contributed by atoms with Crippen LogP contribution in [0.15, 0.2) is 0 Å². The van der Waals surface area contributed by atoms with E-state index < -0.39 is 0 Å². The van der Waals surface area contributed by atoms with Gasteiger partial charge in [0.1, 0.15) is 0 Å². The van der Waals surface area contributed by atoms with E-state index in [0.717, 1.165) is 50.6 Å². The van der Waals surface area contributed by atoms with Gasteiger partial charge >= 0.3 is 0 Å². The predicted octanol–water partition coefficient (Wildman–Crippen LogP) is 3.26. The third kappa shape index (κ3) is 3.58. The number of hydrogen-bond acceptors (Lipinski definition) is 5. The summed E-state index contributed by atoms with van der Waals surface area (Å²) >= 11 is 0. The van der Waals surface area contributed by atoms with Crippen molar-refractivity contribution in [3.63, 3.8) is 0 Å². The lowest BCUT2D eigenvalue weighted by molar-refractivity contribution is -0.156. The lowest BCUT2D eigenvalue weighted by atomic mass is 9.44. The third-order valence-electron chi connectivity index (χ3n) is 12.2. The molecule has 0 bridgehead atoms. The van der Waals surface area contributed by atoms with Crippen molar-refractivity contribution in [1.29, 1.82) is 0 Å². The molecule has 188 valence electrons. The highest BCUT2D eigenvalue weighted by Gasteiger charge is 2.63. The maximum Gasteiger partial charge on any atom is 0.0751 e. The number of likely N-dealkylation sites (tertiary alicyclic amines) is 2. The molecule has 2 aliphatic heterocycles. The molecule has 0 amide bonds. The van der Waals surface area contributed by atoms with Crippen LogP contribution in [0.5, 0.6) is 0 Å². The Labute approximate surface area is 200 Å². The summed E-state index contributed by atoms with van der Waals surface area (Å²) in [5, 5.41) is 32.7. The van der Waals surface area contributed by atoms with E-state index in [1.165, 1.54) is 58.0 Å². The SMILES string of the molecule is C[C@]12C[C@H](N3CCC(O)CC3)[C@@H](O)C[C@@H]1CC[C@@H]1[C@@H]2CC[C@]2(C)[C@@H](O)[C@@H](N3CCCC3)C[C@@H]12. The van der Waals surface area contributed by atoms with Crippen molar-refractivity contribution >= 4 is 0 Å². The van der Waals surface area contributed by atoms with Gasteiger partial charge in [-0.05, 0) is 118 Å². The summed E-state index contributed by atoms with van der Waals surface area (Å²) in [6.45, 7) is 9.24. The number of fused-ring (bicyclic) bond motifs is 5. The number of piperidine rings is 1. The van der Waals surface area contributed by atoms with E-state index in [2.05, 4.69) is 23.6 Å². The monoisotopic (exact) mass is 460 g/mol. The molecule has 0 radical (unpaired) electrons. The first-order chi connectivity index (χ1) is 15.8. The first-order valence-corrected chi connectivity index (χ1v) is 14.3. The molecule has 6 aliphatic rings. The van der Waals surface area contributed by atoms with Crippen LogP contribution in [0.3, 0.4) is 0 Å². The zero-order chi connectivity index (χ0) is 23.0. The molecule has 6 fully saturated rings. The molecular formula is C28H48N2O3. The van der Waals surface area contributed by atoms with Gasteiger partial charge in [0.15, 0.2) is 0 Å². The van der Waals surface area contributed by atoms with E-state index in [9.17, 15) is 15.3 Å². The van der Waals surface area contributed by atoms with Crippen molar-refractivity contribution in [3.8, 4) is 0 Å². The standard InChI is InChI=1S/C28H48N2O3/c1-27-10-7-21-20(22(27)16-23(26(27)33)29-11-3-4-12-29)6-5-18-15-25(32)24(17-28(18,21)2)30-13-8-19(31)9-14-30/h18-26,31-33H,3-17H2,1-2H3/t18-,20+,21-,22-,23-,24-,25-,26-,27-,28-/m0/s1. The topological polar surface area (TPSA) is 67.2 Å². The van der Waals surface area contributed by atoms with Gasteiger partial charge in [0.2, 0.25) is 0 Å². The second-order valence-corrected chi connectivity index (χ2v) is 13.5. The van der Waals surface area contributed by atoms with Crippen LogP contribution in [0.2, 0.25) is 0 Å². The molecule has 0 aromatic rings. The molecule has 0 aromatic heterocycles. The molecular weight excluding hydrogens is 412 g/mol. The second kappa shape index (κ2) is 8.44. The number of aliphatic hydroxyl groups is 3. The van der Waals surface area contributed by atoms with Gasteiger partial charge in [-0.15, -0.1) is 0 Å². The minimum atomic E-state index is -0.212. The number of aliphatic hydroxyl groups excluding tert-OH is 3. The van der Waals surface area contributed by atoms with Crippen LogP contribution in [-0.2, 0) is 0 Å². The minimum Gasteiger partial charge on any atom is -0.393 e. The van der Waals surface area contributed by atoms with Gasteiger partial charge in [0, 0.05) is 25.2 Å². The van der Waals surface area contributed by atoms with Crippen molar-refractivity contribution in [2.24, 2.45) is 34.5 Å². The molecule has 33 heavy (non-hydrogen) atoms. The highest BCUT2D eigenvalue weighted by Crippen LogP contribution is 2.66. The van der Waals surface area contributed by atoms with Crippen LogP contribution in [0.1, 0.15) is 84.5 Å². The van der Waals surface area contributed by atoms with Gasteiger partial charge in [-0.1, -0.05) is 13.8 Å². The van der Waals surface area contributed by atoms with E-state index in [1.54, 1.807) is 0 Å². The molecule has 5 heteroatoms. The lowest BCUT2D eigenvalue weighted by Gasteiger charge is -2.62. The van der Waals surface area contributed by atoms with Gasteiger partial charge < -0.3 is 15.3 Å². The second-order valence-electron chi connectivity index (χ2n) is 13.5. The highest BCUT2D eigenvalue weighted by molar-refractivity contribution is 5.14. The molecule has 4 saturated carbocycles. The molecule has 0 unspecified atom stereocenters. The smallest absolute Gasteiger partial charge is 0.0751 e. The van der Waals surface area contributed by atoms with Gasteiger partial charge in [0.25, 0.3) is 0 Å². The molecule has 4 aliphatic carbocycles. The molecule has 0 spiro atoms. The summed E-state index contributed by atoms with van der Waals surface area (Å²) in [6.07, 6.45) is 12.1. The Hall–Kier alpha value is -0.200. The lowest BCUT2D eigenvalue weighted by Crippen LogP contribution is -2.60. The number of rotatable bonds is 2. The Bertz CT molecular complexity index is 720. The van der Waals surface area contributed by atoms with Crippen LogP contribution >= 0.6 is 0 Å². The normalized spacial score (nSPS) is 54.1. The fourth-order valence-corrected chi connectivity index (χ4v) is 10.3. The van der Waals surface area contributed by atoms with Gasteiger partial charge in [-0.2, -0.15) is 0 Å². The van der Waals surface area contributed by atoms with Crippen LogP contribution in [0.4, 0.5) is 0 Å². The Balaban J connectivity index is 1.23. The summed E-state index contributed by atoms with van der Waals surface area (Å²) in [5.74, 6) is 2.78. The van der Waals surface area contributed by atoms with Crippen molar-refractivity contribution in [3.05, 3.63) is 0 Å². The van der Waals surface area contributed by atoms with E-state index in [0.29, 0.717) is 23.3 Å². The van der Waals surface area contributed by atoms with E-state index in [-0.39, 0.29) is 29.8 Å². The largest absolute Gasteiger partial charge is 0.393 e. The third-order valence-corrected chi connectivity index (χ3v) is 12.2. The molecule has 0 aromatic carbocycles. The molecule has 2 heterocycles. The number of nitrogens with zero attached hydrogens (tertiary/aromatic N) is 2. The first kappa shape index (κ1) is 23.2. The Morgan fingerprint density at radius 1 is 0.697 bits per heavy atom. The average Bonchev–Trinajstić information content (AvgIpc) is 3.41. The fraction of sp³-hybridized carbons (Fsp3) is 1.00. The van der Waals surface area contributed by atoms with Gasteiger partial charge in [0.05, 0.1) is 18.3 Å². The zero-order valence-corrected chi connectivity index (χ0v) is 21.0. The van der Waals surface area contributed by atoms with Crippen molar-refractivity contribution in [1.82, 2.24) is 9.80 Å². The minimum absolute atomic E-state index is 0.0915. The van der Waals surface area contributed by atoms with Crippen molar-refractivity contribution in [2.45, 2.75) is 115 Å². The summed E-state index contributed by atoms with van der Waals surface area (Å²) < 4.78 is 0. The molecule has 3 N–H and O–H groups in total. The van der Waals surface area contributed by atoms with Crippen molar-refractivity contribution < 1.29 is 15.3 Å². The van der Waals surface area contributed by atoms with Crippen LogP contribution < -0.4 is 0 Å². The summed E-state index contributed by atoms with van der Waals surface area (Å²) in [4.78, 5) is 5.13. The van der Waals surface area contributed by atoms with Crippen LogP contribution in [0.25, 0.3) is 0 Å². The summed E-state index contributed by atoms with van der Waals surface area (Å²) in [6, 6.07) is 0.643. The predicted molar refractivity (Wildman–Crippen MR) is 130 cm³/mol. The van der Waals surface area contributed by atoms with Gasteiger partial charge in [-0.25, -0.2) is 0 Å². The van der Waals surface area contributed by atoms with E-state index >= 15 is 0 Å². The molecule has 5 nitrogen and oxygen atoms in total. The van der Waals surface area contributed by atoms with Crippen molar-refractivity contribution in [2.75, 3.05) is 26.2 Å². The first-order valence-electron chi connectivity index (χ1n) is 14.3.